The molecule has 4 rings (SSSR count). The van der Waals surface area contributed by atoms with Crippen LogP contribution in [0.15, 0.2) is 54.1 Å². The summed E-state index contributed by atoms with van der Waals surface area (Å²) in [6.07, 6.45) is 7.16. The van der Waals surface area contributed by atoms with Crippen molar-refractivity contribution >= 4 is 29.6 Å². The molecule has 2 saturated carbocycles. The van der Waals surface area contributed by atoms with E-state index in [1.165, 1.54) is 6.08 Å². The topological polar surface area (TPSA) is 93.1 Å². The van der Waals surface area contributed by atoms with Crippen LogP contribution in [0, 0.1) is 22.7 Å². The van der Waals surface area contributed by atoms with Crippen LogP contribution in [-0.2, 0) is 19.1 Å². The summed E-state index contributed by atoms with van der Waals surface area (Å²) in [5.74, 6) is -0.823. The van der Waals surface area contributed by atoms with Gasteiger partial charge < -0.3 is 19.7 Å². The molecular formula is C29H35ClO6. The molecule has 0 radical (unpaired) electrons. The molecule has 0 spiro atoms. The maximum Gasteiger partial charge on any atom is 0.337 e. The molecule has 1 aliphatic heterocycles. The van der Waals surface area contributed by atoms with Gasteiger partial charge in [0.1, 0.15) is 6.61 Å². The van der Waals surface area contributed by atoms with Gasteiger partial charge in [0.15, 0.2) is 6.10 Å². The minimum absolute atomic E-state index is 0.00846. The normalized spacial score (nSPS) is 35.6. The molecule has 0 amide bonds. The summed E-state index contributed by atoms with van der Waals surface area (Å²) in [5.41, 5.74) is 1.53. The van der Waals surface area contributed by atoms with Crippen molar-refractivity contribution < 1.29 is 29.3 Å². The standard InChI is InChI=1S/C29H35ClO6/c1-18-4-12-24-28(2,15-14-25(32)29(24,3)17-31)22(18)11-10-21-23(16-35-27(21)34)36-26(33)13-7-19-5-8-20(30)9-6-19/h5-10,13,22-25,31-32H,1,4,11-12,14-17H2,2-3H3/b13-7+,21-10+/t22?,23?,24?,25?,28?,29-/m0/s1. The first-order chi connectivity index (χ1) is 17.1. The van der Waals surface area contributed by atoms with Gasteiger partial charge >= 0.3 is 11.9 Å². The zero-order chi connectivity index (χ0) is 26.1. The molecule has 1 aromatic carbocycles. The molecule has 0 bridgehead atoms. The van der Waals surface area contributed by atoms with E-state index in [0.29, 0.717) is 23.4 Å². The third kappa shape index (κ3) is 5.04. The fraction of sp³-hybridized carbons (Fsp3) is 0.517. The molecule has 1 heterocycles. The van der Waals surface area contributed by atoms with Crippen molar-refractivity contribution in [1.29, 1.82) is 0 Å². The number of aliphatic hydroxyl groups excluding tert-OH is 2. The molecule has 194 valence electrons. The van der Waals surface area contributed by atoms with Gasteiger partial charge in [0, 0.05) is 16.5 Å². The van der Waals surface area contributed by atoms with Crippen molar-refractivity contribution in [2.45, 2.75) is 58.2 Å². The van der Waals surface area contributed by atoms with E-state index in [1.807, 2.05) is 13.0 Å². The number of aliphatic hydroxyl groups is 2. The lowest BCUT2D eigenvalue weighted by atomic mass is 9.46. The van der Waals surface area contributed by atoms with Crippen molar-refractivity contribution in [3.63, 3.8) is 0 Å². The van der Waals surface area contributed by atoms with Crippen LogP contribution in [0.3, 0.4) is 0 Å². The number of esters is 2. The average molecular weight is 515 g/mol. The monoisotopic (exact) mass is 514 g/mol. The van der Waals surface area contributed by atoms with Crippen molar-refractivity contribution in [1.82, 2.24) is 0 Å². The third-order valence-corrected chi connectivity index (χ3v) is 9.01. The number of ether oxygens (including phenoxy) is 2. The molecule has 6 nitrogen and oxygen atoms in total. The number of fused-ring (bicyclic) bond motifs is 1. The first-order valence-electron chi connectivity index (χ1n) is 12.6. The number of carbonyl (C=O) groups excluding carboxylic acids is 2. The van der Waals surface area contributed by atoms with Gasteiger partial charge in [-0.25, -0.2) is 9.59 Å². The highest BCUT2D eigenvalue weighted by atomic mass is 35.5. The smallest absolute Gasteiger partial charge is 0.337 e. The van der Waals surface area contributed by atoms with Crippen LogP contribution in [0.5, 0.6) is 0 Å². The van der Waals surface area contributed by atoms with Crippen LogP contribution < -0.4 is 0 Å². The molecule has 1 aromatic rings. The Bertz CT molecular complexity index is 1080. The van der Waals surface area contributed by atoms with E-state index in [1.54, 1.807) is 30.3 Å². The van der Waals surface area contributed by atoms with Gasteiger partial charge in [-0.05, 0) is 73.1 Å². The largest absolute Gasteiger partial charge is 0.458 e. The van der Waals surface area contributed by atoms with Gasteiger partial charge in [0.05, 0.1) is 18.3 Å². The number of allylic oxidation sites excluding steroid dienone is 2. The molecule has 36 heavy (non-hydrogen) atoms. The Morgan fingerprint density at radius 2 is 2.00 bits per heavy atom. The molecule has 7 heteroatoms. The van der Waals surface area contributed by atoms with E-state index in [2.05, 4.69) is 13.5 Å². The van der Waals surface area contributed by atoms with Gasteiger partial charge in [-0.3, -0.25) is 0 Å². The van der Waals surface area contributed by atoms with E-state index >= 15 is 0 Å². The quantitative estimate of drug-likeness (QED) is 0.319. The van der Waals surface area contributed by atoms with E-state index in [-0.39, 0.29) is 30.5 Å². The van der Waals surface area contributed by atoms with E-state index < -0.39 is 29.6 Å². The summed E-state index contributed by atoms with van der Waals surface area (Å²) in [5, 5.41) is 21.5. The Morgan fingerprint density at radius 3 is 2.69 bits per heavy atom. The second kappa shape index (κ2) is 10.5. The predicted octanol–water partition coefficient (Wildman–Crippen LogP) is 4.88. The molecule has 2 aliphatic carbocycles. The molecule has 6 atom stereocenters. The van der Waals surface area contributed by atoms with E-state index in [9.17, 15) is 19.8 Å². The fourth-order valence-electron chi connectivity index (χ4n) is 6.57. The molecule has 5 unspecified atom stereocenters. The molecule has 3 fully saturated rings. The molecule has 3 aliphatic rings. The summed E-state index contributed by atoms with van der Waals surface area (Å²) < 4.78 is 10.8. The number of benzene rings is 1. The first kappa shape index (κ1) is 26.6. The maximum atomic E-state index is 12.5. The fourth-order valence-corrected chi connectivity index (χ4v) is 6.69. The Balaban J connectivity index is 1.48. The van der Waals surface area contributed by atoms with Crippen LogP contribution in [0.4, 0.5) is 0 Å². The second-order valence-electron chi connectivity index (χ2n) is 10.8. The summed E-state index contributed by atoms with van der Waals surface area (Å²) in [6.45, 7) is 8.46. The lowest BCUT2D eigenvalue weighted by Crippen LogP contribution is -2.57. The Kier molecular flexibility index (Phi) is 7.79. The zero-order valence-corrected chi connectivity index (χ0v) is 21.7. The minimum atomic E-state index is -0.767. The van der Waals surface area contributed by atoms with Gasteiger partial charge in [-0.1, -0.05) is 55.8 Å². The summed E-state index contributed by atoms with van der Waals surface area (Å²) in [4.78, 5) is 24.9. The highest BCUT2D eigenvalue weighted by Gasteiger charge is 2.57. The summed E-state index contributed by atoms with van der Waals surface area (Å²) in [7, 11) is 0. The number of halogens is 1. The van der Waals surface area contributed by atoms with E-state index in [0.717, 1.165) is 30.4 Å². The Hall–Kier alpha value is -2.41. The molecular weight excluding hydrogens is 480 g/mol. The molecule has 1 saturated heterocycles. The predicted molar refractivity (Wildman–Crippen MR) is 138 cm³/mol. The highest BCUT2D eigenvalue weighted by Crippen LogP contribution is 2.61. The van der Waals surface area contributed by atoms with Gasteiger partial charge in [-0.2, -0.15) is 0 Å². The van der Waals surface area contributed by atoms with Gasteiger partial charge in [-0.15, -0.1) is 0 Å². The SMILES string of the molecule is C=C1CCC2C(C)(CCC(O)[C@@]2(C)CO)C1C/C=C1/C(=O)OCC1OC(=O)/C=C/c1ccc(Cl)cc1. The average Bonchev–Trinajstić information content (AvgIpc) is 3.19. The van der Waals surface area contributed by atoms with Crippen LogP contribution in [0.25, 0.3) is 6.08 Å². The van der Waals surface area contributed by atoms with Crippen molar-refractivity contribution in [3.8, 4) is 0 Å². The van der Waals surface area contributed by atoms with Crippen LogP contribution in [-0.4, -0.2) is 47.6 Å². The van der Waals surface area contributed by atoms with Crippen molar-refractivity contribution in [2.24, 2.45) is 22.7 Å². The van der Waals surface area contributed by atoms with E-state index in [4.69, 9.17) is 21.1 Å². The summed E-state index contributed by atoms with van der Waals surface area (Å²) >= 11 is 5.89. The van der Waals surface area contributed by atoms with Crippen molar-refractivity contribution in [3.05, 3.63) is 64.7 Å². The van der Waals surface area contributed by atoms with Gasteiger partial charge in [0.25, 0.3) is 0 Å². The van der Waals surface area contributed by atoms with Crippen LogP contribution in [0.1, 0.15) is 51.5 Å². The lowest BCUT2D eigenvalue weighted by molar-refractivity contribution is -0.151. The van der Waals surface area contributed by atoms with Crippen LogP contribution in [0.2, 0.25) is 5.02 Å². The van der Waals surface area contributed by atoms with Gasteiger partial charge in [0.2, 0.25) is 0 Å². The zero-order valence-electron chi connectivity index (χ0n) is 20.9. The number of hydrogen-bond acceptors (Lipinski definition) is 6. The Morgan fingerprint density at radius 1 is 1.28 bits per heavy atom. The number of rotatable bonds is 6. The number of hydrogen-bond donors (Lipinski definition) is 2. The van der Waals surface area contributed by atoms with Crippen molar-refractivity contribution in [2.75, 3.05) is 13.2 Å². The highest BCUT2D eigenvalue weighted by molar-refractivity contribution is 6.30. The molecule has 2 N–H and O–H groups in total. The number of cyclic esters (lactones) is 1. The minimum Gasteiger partial charge on any atom is -0.458 e. The summed E-state index contributed by atoms with van der Waals surface area (Å²) in [6, 6.07) is 7.04. The van der Waals surface area contributed by atoms with Crippen LogP contribution >= 0.6 is 11.6 Å². The lowest BCUT2D eigenvalue weighted by Gasteiger charge is -2.59. The second-order valence-corrected chi connectivity index (χ2v) is 11.3. The molecule has 0 aromatic heterocycles. The Labute approximate surface area is 217 Å². The maximum absolute atomic E-state index is 12.5. The first-order valence-corrected chi connectivity index (χ1v) is 12.9. The third-order valence-electron chi connectivity index (χ3n) is 8.76. The number of carbonyl (C=O) groups is 2.